The molecule has 7 nitrogen and oxygen atoms in total. The lowest BCUT2D eigenvalue weighted by molar-refractivity contribution is -0.139. The molecule has 0 aliphatic heterocycles. The van der Waals surface area contributed by atoms with E-state index in [0.29, 0.717) is 0 Å². The second-order valence-corrected chi connectivity index (χ2v) is 12.3. The van der Waals surface area contributed by atoms with Crippen molar-refractivity contribution in [2.24, 2.45) is 0 Å². The molecule has 0 spiro atoms. The van der Waals surface area contributed by atoms with Crippen molar-refractivity contribution in [2.45, 2.75) is 62.6 Å². The summed E-state index contributed by atoms with van der Waals surface area (Å²) in [6.07, 6.45) is 4.73. The van der Waals surface area contributed by atoms with Crippen LogP contribution in [0.4, 0.5) is 14.5 Å². The molecule has 0 heterocycles. The number of nitrogens with one attached hydrogen (secondary N) is 1. The molecule has 0 saturated heterocycles. The maximum atomic E-state index is 14.7. The van der Waals surface area contributed by atoms with E-state index < -0.39 is 46.1 Å². The fraction of sp³-hybridized carbons (Fsp3) is 0.333. The van der Waals surface area contributed by atoms with E-state index in [0.717, 1.165) is 53.4 Å². The highest BCUT2D eigenvalue weighted by atomic mass is 35.5. The lowest BCUT2D eigenvalue weighted by Gasteiger charge is -2.33. The molecule has 0 bridgehead atoms. The van der Waals surface area contributed by atoms with Crippen molar-refractivity contribution in [3.05, 3.63) is 95.0 Å². The SMILES string of the molecule is C[C@@H](C(=O)NC1CCCCC1)N(Cc1ccccc1F)C(=O)CN(c1ccc(F)c(Cl)c1)S(=O)(=O)c1ccccc1. The summed E-state index contributed by atoms with van der Waals surface area (Å²) in [6, 6.07) is 15.6. The first kappa shape index (κ1) is 30.5. The highest BCUT2D eigenvalue weighted by molar-refractivity contribution is 7.92. The van der Waals surface area contributed by atoms with Crippen molar-refractivity contribution >= 4 is 39.1 Å². The van der Waals surface area contributed by atoms with E-state index in [-0.39, 0.29) is 33.8 Å². The van der Waals surface area contributed by atoms with Gasteiger partial charge < -0.3 is 10.2 Å². The standard InChI is InChI=1S/C30H32ClF2N3O4S/c1-21(30(38)34-23-11-4-2-5-12-23)35(19-22-10-8-9-15-27(22)32)29(37)20-36(24-16-17-28(33)26(31)18-24)41(39,40)25-13-6-3-7-14-25/h3,6-10,13-18,21,23H,2,4-5,11-12,19-20H2,1H3,(H,34,38)/t21-/m0/s1. The normalized spacial score (nSPS) is 14.7. The van der Waals surface area contributed by atoms with Crippen molar-refractivity contribution in [3.63, 3.8) is 0 Å². The topological polar surface area (TPSA) is 86.8 Å². The fourth-order valence-electron chi connectivity index (χ4n) is 4.85. The van der Waals surface area contributed by atoms with E-state index >= 15 is 0 Å². The summed E-state index contributed by atoms with van der Waals surface area (Å²) in [5.41, 5.74) is 0.124. The minimum absolute atomic E-state index is 0.0274. The molecule has 41 heavy (non-hydrogen) atoms. The molecule has 218 valence electrons. The van der Waals surface area contributed by atoms with E-state index in [1.54, 1.807) is 12.1 Å². The third kappa shape index (κ3) is 7.42. The van der Waals surface area contributed by atoms with Crippen molar-refractivity contribution in [1.82, 2.24) is 10.2 Å². The van der Waals surface area contributed by atoms with Gasteiger partial charge >= 0.3 is 0 Å². The number of amides is 2. The van der Waals surface area contributed by atoms with E-state index in [4.69, 9.17) is 11.6 Å². The lowest BCUT2D eigenvalue weighted by Crippen LogP contribution is -2.53. The maximum absolute atomic E-state index is 14.7. The van der Waals surface area contributed by atoms with E-state index in [2.05, 4.69) is 5.32 Å². The van der Waals surface area contributed by atoms with Crippen molar-refractivity contribution < 1.29 is 26.8 Å². The van der Waals surface area contributed by atoms with Crippen LogP contribution in [-0.4, -0.2) is 43.8 Å². The summed E-state index contributed by atoms with van der Waals surface area (Å²) in [4.78, 5) is 28.3. The number of hydrogen-bond donors (Lipinski definition) is 1. The minimum atomic E-state index is -4.33. The van der Waals surface area contributed by atoms with Crippen LogP contribution in [0.1, 0.15) is 44.6 Å². The predicted molar refractivity (Wildman–Crippen MR) is 154 cm³/mol. The van der Waals surface area contributed by atoms with Crippen LogP contribution < -0.4 is 9.62 Å². The largest absolute Gasteiger partial charge is 0.352 e. The number of rotatable bonds is 10. The Hall–Kier alpha value is -3.50. The van der Waals surface area contributed by atoms with Gasteiger partial charge in [-0.15, -0.1) is 0 Å². The van der Waals surface area contributed by atoms with E-state index in [1.165, 1.54) is 55.5 Å². The minimum Gasteiger partial charge on any atom is -0.352 e. The quantitative estimate of drug-likeness (QED) is 0.323. The van der Waals surface area contributed by atoms with Crippen molar-refractivity contribution in [2.75, 3.05) is 10.8 Å². The molecule has 3 aromatic carbocycles. The Balaban J connectivity index is 1.69. The first-order valence-corrected chi connectivity index (χ1v) is 15.3. The van der Waals surface area contributed by atoms with Gasteiger partial charge in [0.15, 0.2) is 0 Å². The lowest BCUT2D eigenvalue weighted by atomic mass is 9.95. The Kier molecular flexibility index (Phi) is 9.99. The molecule has 4 rings (SSSR count). The summed E-state index contributed by atoms with van der Waals surface area (Å²) in [7, 11) is -4.33. The van der Waals surface area contributed by atoms with Crippen LogP contribution in [0.25, 0.3) is 0 Å². The molecule has 3 aromatic rings. The Morgan fingerprint density at radius 3 is 2.27 bits per heavy atom. The van der Waals surface area contributed by atoms with Crippen molar-refractivity contribution in [1.29, 1.82) is 0 Å². The third-order valence-corrected chi connectivity index (χ3v) is 9.30. The first-order chi connectivity index (χ1) is 19.6. The number of anilines is 1. The Bertz CT molecular complexity index is 1480. The average Bonchev–Trinajstić information content (AvgIpc) is 2.97. The molecule has 11 heteroatoms. The summed E-state index contributed by atoms with van der Waals surface area (Å²) < 4.78 is 57.0. The fourth-order valence-corrected chi connectivity index (χ4v) is 6.45. The molecule has 0 radical (unpaired) electrons. The van der Waals surface area contributed by atoms with Gasteiger partial charge in [-0.25, -0.2) is 17.2 Å². The zero-order valence-electron chi connectivity index (χ0n) is 22.6. The van der Waals surface area contributed by atoms with Crippen molar-refractivity contribution in [3.8, 4) is 0 Å². The molecule has 1 aliphatic rings. The number of sulfonamides is 1. The van der Waals surface area contributed by atoms with Crippen LogP contribution in [0.15, 0.2) is 77.7 Å². The van der Waals surface area contributed by atoms with E-state index in [1.807, 2.05) is 0 Å². The molecule has 1 saturated carbocycles. The van der Waals surface area contributed by atoms with Crippen LogP contribution in [0.2, 0.25) is 5.02 Å². The van der Waals surface area contributed by atoms with Gasteiger partial charge in [-0.3, -0.25) is 13.9 Å². The molecular formula is C30H32ClF2N3O4S. The average molecular weight is 604 g/mol. The molecule has 1 N–H and O–H groups in total. The number of halogens is 3. The number of carbonyl (C=O) groups is 2. The van der Waals surface area contributed by atoms with Gasteiger partial charge in [0.25, 0.3) is 10.0 Å². The monoisotopic (exact) mass is 603 g/mol. The second-order valence-electron chi connectivity index (χ2n) is 10.1. The highest BCUT2D eigenvalue weighted by Gasteiger charge is 2.33. The van der Waals surface area contributed by atoms with Crippen LogP contribution in [0.3, 0.4) is 0 Å². The van der Waals surface area contributed by atoms with Gasteiger partial charge in [-0.2, -0.15) is 0 Å². The Morgan fingerprint density at radius 2 is 1.61 bits per heavy atom. The number of hydrogen-bond acceptors (Lipinski definition) is 4. The number of benzene rings is 3. The van der Waals surface area contributed by atoms with E-state index in [9.17, 15) is 26.8 Å². The Labute approximate surface area is 244 Å². The number of carbonyl (C=O) groups excluding carboxylic acids is 2. The zero-order chi connectivity index (χ0) is 29.6. The highest BCUT2D eigenvalue weighted by Crippen LogP contribution is 2.28. The van der Waals surface area contributed by atoms with Gasteiger partial charge in [0.2, 0.25) is 11.8 Å². The van der Waals surface area contributed by atoms with Crippen LogP contribution >= 0.6 is 11.6 Å². The van der Waals surface area contributed by atoms with Crippen LogP contribution in [-0.2, 0) is 26.2 Å². The Morgan fingerprint density at radius 1 is 0.951 bits per heavy atom. The predicted octanol–water partition coefficient (Wildman–Crippen LogP) is 5.68. The van der Waals surface area contributed by atoms with Gasteiger partial charge in [0, 0.05) is 18.2 Å². The van der Waals surface area contributed by atoms with Gasteiger partial charge in [0.05, 0.1) is 15.6 Å². The maximum Gasteiger partial charge on any atom is 0.264 e. The molecule has 2 amide bonds. The van der Waals surface area contributed by atoms with Gasteiger partial charge in [-0.1, -0.05) is 67.3 Å². The van der Waals surface area contributed by atoms with Gasteiger partial charge in [0.1, 0.15) is 24.2 Å². The molecular weight excluding hydrogens is 572 g/mol. The molecule has 0 unspecified atom stereocenters. The third-order valence-electron chi connectivity index (χ3n) is 7.22. The molecule has 0 aromatic heterocycles. The van der Waals surface area contributed by atoms with Crippen LogP contribution in [0, 0.1) is 11.6 Å². The summed E-state index contributed by atoms with van der Waals surface area (Å²) >= 11 is 5.98. The zero-order valence-corrected chi connectivity index (χ0v) is 24.2. The summed E-state index contributed by atoms with van der Waals surface area (Å²) in [6.45, 7) is 0.518. The van der Waals surface area contributed by atoms with Crippen LogP contribution in [0.5, 0.6) is 0 Å². The smallest absolute Gasteiger partial charge is 0.264 e. The molecule has 1 fully saturated rings. The summed E-state index contributed by atoms with van der Waals surface area (Å²) in [5.74, 6) is -2.49. The number of nitrogens with zero attached hydrogens (tertiary/aromatic N) is 2. The molecule has 1 aliphatic carbocycles. The second kappa shape index (κ2) is 13.4. The van der Waals surface area contributed by atoms with Gasteiger partial charge in [-0.05, 0) is 56.2 Å². The molecule has 1 atom stereocenters. The summed E-state index contributed by atoms with van der Waals surface area (Å²) in [5, 5.41) is 2.66. The first-order valence-electron chi connectivity index (χ1n) is 13.4.